The van der Waals surface area contributed by atoms with Gasteiger partial charge >= 0.3 is 5.97 Å². The number of nitrogens with one attached hydrogen (secondary N) is 3. The third kappa shape index (κ3) is 10.6. The van der Waals surface area contributed by atoms with E-state index in [9.17, 15) is 9.59 Å². The first-order valence-electron chi connectivity index (χ1n) is 30.7. The molecule has 2 unspecified atom stereocenters. The number of carbonyl (C=O) groups is 4. The predicted molar refractivity (Wildman–Crippen MR) is 310 cm³/mol. The Morgan fingerprint density at radius 3 is 2.59 bits per heavy atom. The molecule has 3 aromatic heterocycles. The van der Waals surface area contributed by atoms with Crippen LogP contribution in [0.2, 0.25) is 0 Å². The number of benzene rings is 1. The lowest BCUT2D eigenvalue weighted by Crippen LogP contribution is -2.62. The lowest BCUT2D eigenvalue weighted by Gasteiger charge is -2.45. The first-order chi connectivity index (χ1) is 38.8. The number of hydrogen-bond donors (Lipinski definition) is 3. The van der Waals surface area contributed by atoms with Crippen LogP contribution in [0.5, 0.6) is 0 Å². The second-order valence-electron chi connectivity index (χ2n) is 26.3. The number of methoxy groups -OCH3 is 1. The molecule has 430 valence electrons. The number of nitrogens with zero attached hydrogens (tertiary/aromatic N) is 8. The Balaban J connectivity index is 0.827. The summed E-state index contributed by atoms with van der Waals surface area (Å²) in [6.07, 6.45) is 15.9. The summed E-state index contributed by atoms with van der Waals surface area (Å²) in [5, 5.41) is 12.3. The summed E-state index contributed by atoms with van der Waals surface area (Å²) in [7, 11) is 1.75. The molecule has 4 aromatic rings. The van der Waals surface area contributed by atoms with Crippen LogP contribution in [0.15, 0.2) is 35.8 Å². The molecule has 3 amide bonds. The summed E-state index contributed by atoms with van der Waals surface area (Å²) in [6, 6.07) is 7.84. The van der Waals surface area contributed by atoms with E-state index in [1.165, 1.54) is 50.0 Å². The summed E-state index contributed by atoms with van der Waals surface area (Å²) in [6.45, 7) is 17.1. The standard InChI is InChI=1S/C62H85N11O6S/c1-6-72-50-19-18-41-28-44(50)46(56(72)45-29-43(32-63-52(45)38(2)78-5)69-27-26-68-22-10-9-14-42(68)33-69)31-61(3,4)37-79-60(77)47-15-11-23-73(67-47)58(75)48(30-51-64-49(41)34-80-51)65-57(74)55(40-12-7-8-13-40)70-24-20-62(35-70)21-25-71(36-62)59(76)54-53(66-54)39-16-17-39/h18-19,28-29,32,34,38-40,42,47-48,53-55,66-67H,6-17,20-27,30-31,33,35-37H2,1-5H3,(H,65,74)/t38-,42+,47-,48-,53?,54+,55?,62-/m0/s1. The van der Waals surface area contributed by atoms with E-state index in [-0.39, 0.29) is 66.2 Å². The molecule has 80 heavy (non-hydrogen) atoms. The number of hydrazine groups is 1. The van der Waals surface area contributed by atoms with E-state index in [0.29, 0.717) is 43.8 Å². The first-order valence-corrected chi connectivity index (χ1v) is 31.6. The van der Waals surface area contributed by atoms with Crippen molar-refractivity contribution < 1.29 is 28.7 Å². The van der Waals surface area contributed by atoms with Crippen LogP contribution in [-0.4, -0.2) is 167 Å². The van der Waals surface area contributed by atoms with Gasteiger partial charge in [-0.2, -0.15) is 0 Å². The summed E-state index contributed by atoms with van der Waals surface area (Å²) >= 11 is 1.51. The lowest BCUT2D eigenvalue weighted by molar-refractivity contribution is -0.155. The van der Waals surface area contributed by atoms with Crippen molar-refractivity contribution in [1.29, 1.82) is 0 Å². The Hall–Kier alpha value is -4.98. The second-order valence-corrected chi connectivity index (χ2v) is 27.3. The number of rotatable bonds is 11. The normalized spacial score (nSPS) is 29.5. The van der Waals surface area contributed by atoms with Crippen molar-refractivity contribution in [3.05, 3.63) is 52.1 Å². The first kappa shape index (κ1) is 54.3. The lowest BCUT2D eigenvalue weighted by atomic mass is 9.84. The van der Waals surface area contributed by atoms with E-state index in [1.54, 1.807) is 12.1 Å². The molecular weight excluding hydrogens is 1030 g/mol. The minimum Gasteiger partial charge on any atom is -0.464 e. The van der Waals surface area contributed by atoms with Gasteiger partial charge < -0.3 is 29.2 Å². The maximum atomic E-state index is 15.3. The van der Waals surface area contributed by atoms with Crippen LogP contribution < -0.4 is 21.0 Å². The number of piperidine rings is 1. The fourth-order valence-electron chi connectivity index (χ4n) is 15.5. The van der Waals surface area contributed by atoms with Crippen LogP contribution >= 0.6 is 11.3 Å². The van der Waals surface area contributed by atoms with Gasteiger partial charge in [-0.05, 0) is 133 Å². The average molecular weight is 1110 g/mol. The van der Waals surface area contributed by atoms with Crippen LogP contribution in [0.25, 0.3) is 33.4 Å². The van der Waals surface area contributed by atoms with Gasteiger partial charge in [-0.15, -0.1) is 11.3 Å². The van der Waals surface area contributed by atoms with Gasteiger partial charge in [0.25, 0.3) is 5.91 Å². The quantitative estimate of drug-likeness (QED) is 0.102. The van der Waals surface area contributed by atoms with Crippen molar-refractivity contribution >= 4 is 51.6 Å². The minimum atomic E-state index is -0.929. The van der Waals surface area contributed by atoms with E-state index in [4.69, 9.17) is 19.4 Å². The van der Waals surface area contributed by atoms with Crippen molar-refractivity contribution in [2.24, 2.45) is 22.7 Å². The number of amides is 3. The third-order valence-corrected chi connectivity index (χ3v) is 21.0. The number of likely N-dealkylation sites (tertiary alicyclic amines) is 2. The molecule has 2 aliphatic carbocycles. The molecule has 17 nitrogen and oxygen atoms in total. The summed E-state index contributed by atoms with van der Waals surface area (Å²) in [4.78, 5) is 78.5. The number of hydrogen-bond acceptors (Lipinski definition) is 14. The molecule has 8 atom stereocenters. The molecule has 1 aromatic carbocycles. The van der Waals surface area contributed by atoms with Crippen molar-refractivity contribution in [3.63, 3.8) is 0 Å². The van der Waals surface area contributed by atoms with Gasteiger partial charge in [0.1, 0.15) is 18.1 Å². The molecule has 3 N–H and O–H groups in total. The highest BCUT2D eigenvalue weighted by Crippen LogP contribution is 2.47. The largest absolute Gasteiger partial charge is 0.464 e. The number of ether oxygens (including phenoxy) is 2. The number of aromatic nitrogens is 3. The maximum Gasteiger partial charge on any atom is 0.324 e. The smallest absolute Gasteiger partial charge is 0.324 e. The fourth-order valence-corrected chi connectivity index (χ4v) is 16.3. The van der Waals surface area contributed by atoms with E-state index >= 15 is 9.59 Å². The Bertz CT molecular complexity index is 3000. The van der Waals surface area contributed by atoms with E-state index in [0.717, 1.165) is 146 Å². The number of cyclic esters (lactones) is 1. The second kappa shape index (κ2) is 22.0. The molecule has 13 rings (SSSR count). The average Bonchev–Trinajstić information content (AvgIpc) is 4.34. The molecular formula is C62H85N11O6S. The molecule has 0 radical (unpaired) electrons. The van der Waals surface area contributed by atoms with Gasteiger partial charge in [0.2, 0.25) is 11.8 Å². The SMILES string of the molecule is CCn1c(-c2cc(N3CCN4CCCC[C@@H]4C3)cnc2[C@H](C)OC)c2c3cc(ccc31)-c1csc(n1)C[C@H](NC(=O)C(C1CCCC1)N1CC[C@]3(CCN(C(=O)[C@@H]4NC4C4CC4)C3)C1)C(=O)N1CCC[C@H](N1)C(=O)OCC(C)(C)C2. The van der Waals surface area contributed by atoms with Crippen molar-refractivity contribution in [2.75, 3.05) is 77.5 Å². The molecule has 1 spiro atoms. The van der Waals surface area contributed by atoms with Crippen molar-refractivity contribution in [3.8, 4) is 22.5 Å². The van der Waals surface area contributed by atoms with Gasteiger partial charge in [0.05, 0.1) is 52.7 Å². The molecule has 6 saturated heterocycles. The molecule has 2 saturated carbocycles. The van der Waals surface area contributed by atoms with Crippen molar-refractivity contribution in [1.82, 2.24) is 50.3 Å². The van der Waals surface area contributed by atoms with E-state index in [1.807, 2.05) is 6.20 Å². The van der Waals surface area contributed by atoms with Gasteiger partial charge in [-0.1, -0.05) is 39.2 Å². The third-order valence-electron chi connectivity index (χ3n) is 20.2. The molecule has 6 bridgehead atoms. The van der Waals surface area contributed by atoms with Gasteiger partial charge in [0.15, 0.2) is 0 Å². The number of fused-ring (bicyclic) bond motifs is 7. The van der Waals surface area contributed by atoms with Gasteiger partial charge in [-0.3, -0.25) is 44.3 Å². The van der Waals surface area contributed by atoms with Crippen molar-refractivity contribution in [2.45, 2.75) is 173 Å². The fraction of sp³-hybridized carbons (Fsp3) is 0.677. The van der Waals surface area contributed by atoms with Crippen LogP contribution in [0.1, 0.15) is 134 Å². The summed E-state index contributed by atoms with van der Waals surface area (Å²) in [5.74, 6) is 0.297. The monoisotopic (exact) mass is 1110 g/mol. The maximum absolute atomic E-state index is 15.3. The van der Waals surface area contributed by atoms with Crippen LogP contribution in [0.4, 0.5) is 5.69 Å². The van der Waals surface area contributed by atoms with Crippen LogP contribution in [-0.2, 0) is 48.0 Å². The van der Waals surface area contributed by atoms with E-state index in [2.05, 4.69) is 97.6 Å². The highest BCUT2D eigenvalue weighted by Gasteiger charge is 2.55. The number of piperazine rings is 1. The topological polar surface area (TPSA) is 180 Å². The Morgan fingerprint density at radius 2 is 1.77 bits per heavy atom. The Labute approximate surface area is 476 Å². The number of aryl methyl sites for hydroxylation is 1. The molecule has 8 fully saturated rings. The number of carbonyl (C=O) groups excluding carboxylic acids is 4. The highest BCUT2D eigenvalue weighted by atomic mass is 32.1. The van der Waals surface area contributed by atoms with E-state index < -0.39 is 17.5 Å². The van der Waals surface area contributed by atoms with Gasteiger partial charge in [-0.25, -0.2) is 10.4 Å². The molecule has 18 heteroatoms. The number of pyridine rings is 1. The van der Waals surface area contributed by atoms with Crippen LogP contribution in [0, 0.1) is 22.7 Å². The number of thiazole rings is 1. The van der Waals surface area contributed by atoms with Gasteiger partial charge in [0, 0.05) is 116 Å². The molecule has 9 aliphatic rings. The zero-order chi connectivity index (χ0) is 55.0. The Kier molecular flexibility index (Phi) is 14.9. The highest BCUT2D eigenvalue weighted by molar-refractivity contribution is 7.10. The Morgan fingerprint density at radius 1 is 0.950 bits per heavy atom. The summed E-state index contributed by atoms with van der Waals surface area (Å²) < 4.78 is 14.8. The molecule has 7 aliphatic heterocycles. The predicted octanol–water partition coefficient (Wildman–Crippen LogP) is 7.11. The zero-order valence-corrected chi connectivity index (χ0v) is 48.8. The minimum absolute atomic E-state index is 0.0268. The number of anilines is 1. The molecule has 10 heterocycles. The number of esters is 1. The summed E-state index contributed by atoms with van der Waals surface area (Å²) in [5.41, 5.74) is 11.0. The van der Waals surface area contributed by atoms with Crippen LogP contribution in [0.3, 0.4) is 0 Å². The zero-order valence-electron chi connectivity index (χ0n) is 48.0.